The zero-order chi connectivity index (χ0) is 34.4. The van der Waals surface area contributed by atoms with E-state index in [-0.39, 0.29) is 50.6 Å². The molecular formula is C40H80CaN2O4. The van der Waals surface area contributed by atoms with Crippen molar-refractivity contribution in [2.75, 3.05) is 39.3 Å². The summed E-state index contributed by atoms with van der Waals surface area (Å²) in [6.07, 6.45) is 33.6. The molecule has 47 heavy (non-hydrogen) atoms. The zero-order valence-electron chi connectivity index (χ0n) is 32.3. The molecule has 0 amide bonds. The molecule has 276 valence electrons. The summed E-state index contributed by atoms with van der Waals surface area (Å²) >= 11 is 0. The maximum absolute atomic E-state index is 10.6. The first-order chi connectivity index (χ1) is 22.4. The number of unbranched alkanes of at least 4 members (excludes halogenated alkanes) is 20. The van der Waals surface area contributed by atoms with Crippen LogP contribution in [0.4, 0.5) is 0 Å². The van der Waals surface area contributed by atoms with Crippen molar-refractivity contribution in [1.82, 2.24) is 9.80 Å². The van der Waals surface area contributed by atoms with Crippen molar-refractivity contribution in [2.24, 2.45) is 0 Å². The van der Waals surface area contributed by atoms with Crippen molar-refractivity contribution >= 4 is 49.7 Å². The van der Waals surface area contributed by atoms with E-state index in [1.807, 2.05) is 0 Å². The van der Waals surface area contributed by atoms with Crippen molar-refractivity contribution in [2.45, 2.75) is 207 Å². The van der Waals surface area contributed by atoms with Gasteiger partial charge in [0.2, 0.25) is 0 Å². The standard InChI is InChI=1S/2C20H41NO2.Ca/c2*1-3-5-7-9-11-13-17-21(19-15-16-20(22)23)18-14-12-10-8-6-4-2;/h2*3-19H2,1-2H3,(H,22,23);/q;;+2/p-2. The molecule has 0 fully saturated rings. The Balaban J connectivity index is -0.000000807. The Bertz CT molecular complexity index is 539. The number of nitrogens with zero attached hydrogens (tertiary/aromatic N) is 2. The summed E-state index contributed by atoms with van der Waals surface area (Å²) in [5.41, 5.74) is 0. The molecule has 0 spiro atoms. The van der Waals surface area contributed by atoms with Gasteiger partial charge in [-0.2, -0.15) is 0 Å². The second-order valence-corrected chi connectivity index (χ2v) is 13.7. The van der Waals surface area contributed by atoms with Crippen LogP contribution in [0.15, 0.2) is 0 Å². The summed E-state index contributed by atoms with van der Waals surface area (Å²) in [7, 11) is 0. The smallest absolute Gasteiger partial charge is 0.550 e. The summed E-state index contributed by atoms with van der Waals surface area (Å²) in [5, 5.41) is 21.1. The molecule has 0 unspecified atom stereocenters. The third-order valence-corrected chi connectivity index (χ3v) is 9.02. The second kappa shape index (κ2) is 44.1. The number of carbonyl (C=O) groups excluding carboxylic acids is 2. The van der Waals surface area contributed by atoms with Crippen LogP contribution < -0.4 is 10.2 Å². The Morgan fingerprint density at radius 3 is 0.745 bits per heavy atom. The fraction of sp³-hybridized carbons (Fsp3) is 0.950. The van der Waals surface area contributed by atoms with Crippen LogP contribution in [0.1, 0.15) is 207 Å². The van der Waals surface area contributed by atoms with Gasteiger partial charge in [0.25, 0.3) is 0 Å². The number of carboxylic acids is 2. The predicted octanol–water partition coefficient (Wildman–Crippen LogP) is 8.70. The molecule has 0 rings (SSSR count). The molecular weight excluding hydrogens is 613 g/mol. The van der Waals surface area contributed by atoms with E-state index in [2.05, 4.69) is 37.5 Å². The van der Waals surface area contributed by atoms with E-state index in [0.29, 0.717) is 0 Å². The van der Waals surface area contributed by atoms with Crippen LogP contribution in [0, 0.1) is 0 Å². The zero-order valence-corrected chi connectivity index (χ0v) is 34.5. The fourth-order valence-corrected chi connectivity index (χ4v) is 6.03. The number of rotatable bonds is 36. The van der Waals surface area contributed by atoms with E-state index in [1.165, 1.54) is 154 Å². The van der Waals surface area contributed by atoms with Crippen LogP contribution >= 0.6 is 0 Å². The van der Waals surface area contributed by atoms with Gasteiger partial charge in [-0.25, -0.2) is 0 Å². The molecule has 0 aliphatic rings. The minimum atomic E-state index is -0.913. The minimum absolute atomic E-state index is 0. The molecule has 0 atom stereocenters. The molecule has 0 radical (unpaired) electrons. The average Bonchev–Trinajstić information content (AvgIpc) is 3.03. The molecule has 6 nitrogen and oxygen atoms in total. The van der Waals surface area contributed by atoms with Gasteiger partial charge in [-0.1, -0.05) is 156 Å². The summed E-state index contributed by atoms with van der Waals surface area (Å²) < 4.78 is 0. The van der Waals surface area contributed by atoms with Crippen molar-refractivity contribution in [3.8, 4) is 0 Å². The van der Waals surface area contributed by atoms with Crippen LogP contribution in [0.5, 0.6) is 0 Å². The SMILES string of the molecule is CCCCCCCCN(CCCCCCCC)CCCC(=O)[O-].CCCCCCCCN(CCCCCCCC)CCCC(=O)[O-].[Ca+2]. The predicted molar refractivity (Wildman–Crippen MR) is 201 cm³/mol. The summed E-state index contributed by atoms with van der Waals surface area (Å²) in [5.74, 6) is -1.83. The van der Waals surface area contributed by atoms with Crippen molar-refractivity contribution in [3.63, 3.8) is 0 Å². The summed E-state index contributed by atoms with van der Waals surface area (Å²) in [4.78, 5) is 26.1. The Labute approximate surface area is 324 Å². The largest absolute Gasteiger partial charge is 2.00 e. The van der Waals surface area contributed by atoms with Crippen LogP contribution in [-0.4, -0.2) is 98.7 Å². The molecule has 0 aromatic carbocycles. The van der Waals surface area contributed by atoms with Crippen LogP contribution in [0.3, 0.4) is 0 Å². The van der Waals surface area contributed by atoms with Gasteiger partial charge in [-0.3, -0.25) is 0 Å². The van der Waals surface area contributed by atoms with E-state index in [0.717, 1.165) is 52.1 Å². The number of hydrogen-bond donors (Lipinski definition) is 0. The summed E-state index contributed by atoms with van der Waals surface area (Å²) in [6.45, 7) is 15.4. The maximum Gasteiger partial charge on any atom is 2.00 e. The van der Waals surface area contributed by atoms with Crippen molar-refractivity contribution in [1.29, 1.82) is 0 Å². The first kappa shape index (κ1) is 51.5. The van der Waals surface area contributed by atoms with Crippen LogP contribution in [-0.2, 0) is 9.59 Å². The molecule has 0 heterocycles. The Hall–Kier alpha value is 0.120. The van der Waals surface area contributed by atoms with Gasteiger partial charge >= 0.3 is 37.7 Å². The third kappa shape index (κ3) is 46.1. The maximum atomic E-state index is 10.6. The molecule has 0 aromatic rings. The van der Waals surface area contributed by atoms with Gasteiger partial charge in [-0.05, 0) is 90.6 Å². The average molecular weight is 693 g/mol. The molecule has 0 bridgehead atoms. The number of aliphatic carboxylic acids is 2. The molecule has 7 heteroatoms. The minimum Gasteiger partial charge on any atom is -0.550 e. The molecule has 0 aliphatic heterocycles. The topological polar surface area (TPSA) is 86.7 Å². The molecule has 0 saturated carbocycles. The Kier molecular flexibility index (Phi) is 48.4. The first-order valence-electron chi connectivity index (χ1n) is 20.2. The normalized spacial score (nSPS) is 11.0. The van der Waals surface area contributed by atoms with Gasteiger partial charge < -0.3 is 29.6 Å². The quantitative estimate of drug-likeness (QED) is 0.0482. The van der Waals surface area contributed by atoms with Gasteiger partial charge in [0.15, 0.2) is 0 Å². The van der Waals surface area contributed by atoms with E-state index < -0.39 is 11.9 Å². The monoisotopic (exact) mass is 693 g/mol. The Morgan fingerprint density at radius 1 is 0.340 bits per heavy atom. The summed E-state index contributed by atoms with van der Waals surface area (Å²) in [6, 6.07) is 0. The Morgan fingerprint density at radius 2 is 0.532 bits per heavy atom. The van der Waals surface area contributed by atoms with Crippen LogP contribution in [0.2, 0.25) is 0 Å². The third-order valence-electron chi connectivity index (χ3n) is 9.02. The van der Waals surface area contributed by atoms with E-state index >= 15 is 0 Å². The van der Waals surface area contributed by atoms with Gasteiger partial charge in [-0.15, -0.1) is 0 Å². The van der Waals surface area contributed by atoms with Gasteiger partial charge in [0.05, 0.1) is 0 Å². The van der Waals surface area contributed by atoms with E-state index in [1.54, 1.807) is 0 Å². The fourth-order valence-electron chi connectivity index (χ4n) is 6.03. The molecule has 0 aromatic heterocycles. The first-order valence-corrected chi connectivity index (χ1v) is 20.2. The molecule has 0 aliphatic carbocycles. The number of carbonyl (C=O) groups is 2. The van der Waals surface area contributed by atoms with Crippen molar-refractivity contribution in [3.05, 3.63) is 0 Å². The van der Waals surface area contributed by atoms with E-state index in [9.17, 15) is 19.8 Å². The molecule has 0 saturated heterocycles. The number of carboxylic acid groups (broad SMARTS) is 2. The van der Waals surface area contributed by atoms with Gasteiger partial charge in [0, 0.05) is 11.9 Å². The van der Waals surface area contributed by atoms with E-state index in [4.69, 9.17) is 0 Å². The second-order valence-electron chi connectivity index (χ2n) is 13.7. The van der Waals surface area contributed by atoms with Crippen molar-refractivity contribution < 1.29 is 19.8 Å². The molecule has 0 N–H and O–H groups in total. The van der Waals surface area contributed by atoms with Crippen LogP contribution in [0.25, 0.3) is 0 Å². The number of hydrogen-bond acceptors (Lipinski definition) is 6. The van der Waals surface area contributed by atoms with Gasteiger partial charge in [0.1, 0.15) is 0 Å².